The lowest BCUT2D eigenvalue weighted by Gasteiger charge is -2.00. The molecule has 0 unspecified atom stereocenters. The molecule has 0 amide bonds. The third kappa shape index (κ3) is 3.14. The van der Waals surface area contributed by atoms with Gasteiger partial charge in [0.15, 0.2) is 0 Å². The summed E-state index contributed by atoms with van der Waals surface area (Å²) < 4.78 is 0. The number of benzene rings is 1. The van der Waals surface area contributed by atoms with E-state index in [-0.39, 0.29) is 6.42 Å². The van der Waals surface area contributed by atoms with Crippen LogP contribution in [0.3, 0.4) is 0 Å². The first-order valence-corrected chi connectivity index (χ1v) is 6.17. The average Bonchev–Trinajstić information content (AvgIpc) is 2.59. The van der Waals surface area contributed by atoms with Gasteiger partial charge in [0.1, 0.15) is 0 Å². The number of carboxylic acids is 1. The van der Waals surface area contributed by atoms with Gasteiger partial charge in [-0.25, -0.2) is 4.98 Å². The van der Waals surface area contributed by atoms with Gasteiger partial charge in [-0.15, -0.1) is 11.3 Å². The molecule has 88 valence electrons. The number of hydrogen-bond donors (Lipinski definition) is 1. The minimum Gasteiger partial charge on any atom is -0.481 e. The minimum atomic E-state index is -0.829. The standard InChI is InChI=1S/C13H13NO2S/c1-9-14-11(8-13(15)16)12(17-9)7-10-5-3-2-4-6-10/h2-6H,7-8H2,1H3,(H,15,16). The van der Waals surface area contributed by atoms with Crippen LogP contribution < -0.4 is 0 Å². The number of aliphatic carboxylic acids is 1. The zero-order valence-electron chi connectivity index (χ0n) is 9.51. The van der Waals surface area contributed by atoms with E-state index >= 15 is 0 Å². The van der Waals surface area contributed by atoms with Crippen molar-refractivity contribution in [3.8, 4) is 0 Å². The molecule has 17 heavy (non-hydrogen) atoms. The quantitative estimate of drug-likeness (QED) is 0.903. The van der Waals surface area contributed by atoms with Crippen LogP contribution in [0.4, 0.5) is 0 Å². The van der Waals surface area contributed by atoms with Crippen molar-refractivity contribution < 1.29 is 9.90 Å². The second-order valence-corrected chi connectivity index (χ2v) is 5.12. The summed E-state index contributed by atoms with van der Waals surface area (Å²) >= 11 is 1.58. The van der Waals surface area contributed by atoms with Crippen molar-refractivity contribution in [3.05, 3.63) is 51.5 Å². The normalized spacial score (nSPS) is 10.4. The van der Waals surface area contributed by atoms with E-state index in [2.05, 4.69) is 4.98 Å². The van der Waals surface area contributed by atoms with Crippen LogP contribution in [0.1, 0.15) is 21.1 Å². The zero-order valence-corrected chi connectivity index (χ0v) is 10.3. The van der Waals surface area contributed by atoms with Crippen molar-refractivity contribution in [1.82, 2.24) is 4.98 Å². The summed E-state index contributed by atoms with van der Waals surface area (Å²) in [5, 5.41) is 9.75. The first kappa shape index (κ1) is 11.8. The van der Waals surface area contributed by atoms with Crippen LogP contribution in [-0.2, 0) is 17.6 Å². The number of nitrogens with zero attached hydrogens (tertiary/aromatic N) is 1. The number of carboxylic acid groups (broad SMARTS) is 1. The van der Waals surface area contributed by atoms with Gasteiger partial charge in [-0.1, -0.05) is 30.3 Å². The van der Waals surface area contributed by atoms with Crippen LogP contribution >= 0.6 is 11.3 Å². The molecule has 1 aromatic heterocycles. The van der Waals surface area contributed by atoms with Gasteiger partial charge in [0.05, 0.1) is 17.1 Å². The van der Waals surface area contributed by atoms with E-state index in [0.717, 1.165) is 16.3 Å². The molecule has 0 aliphatic rings. The average molecular weight is 247 g/mol. The lowest BCUT2D eigenvalue weighted by Crippen LogP contribution is -2.03. The highest BCUT2D eigenvalue weighted by atomic mass is 32.1. The molecule has 0 bridgehead atoms. The largest absolute Gasteiger partial charge is 0.481 e. The van der Waals surface area contributed by atoms with Gasteiger partial charge in [-0.3, -0.25) is 4.79 Å². The van der Waals surface area contributed by atoms with E-state index < -0.39 is 5.97 Å². The fourth-order valence-corrected chi connectivity index (χ4v) is 2.70. The molecule has 0 aliphatic carbocycles. The van der Waals surface area contributed by atoms with E-state index in [4.69, 9.17) is 5.11 Å². The Bertz CT molecular complexity index is 519. The van der Waals surface area contributed by atoms with Gasteiger partial charge in [-0.05, 0) is 12.5 Å². The van der Waals surface area contributed by atoms with Gasteiger partial charge in [-0.2, -0.15) is 0 Å². The van der Waals surface area contributed by atoms with Crippen LogP contribution in [0, 0.1) is 6.92 Å². The Labute approximate surface area is 104 Å². The molecule has 2 rings (SSSR count). The molecule has 0 saturated heterocycles. The molecule has 0 radical (unpaired) electrons. The van der Waals surface area contributed by atoms with Crippen molar-refractivity contribution in [1.29, 1.82) is 0 Å². The first-order valence-electron chi connectivity index (χ1n) is 5.36. The Morgan fingerprint density at radius 1 is 1.35 bits per heavy atom. The zero-order chi connectivity index (χ0) is 12.3. The van der Waals surface area contributed by atoms with E-state index in [0.29, 0.717) is 5.69 Å². The molecule has 1 N–H and O–H groups in total. The number of hydrogen-bond acceptors (Lipinski definition) is 3. The number of aromatic nitrogens is 1. The van der Waals surface area contributed by atoms with Crippen LogP contribution in [0.2, 0.25) is 0 Å². The summed E-state index contributed by atoms with van der Waals surface area (Å²) in [6.07, 6.45) is 0.765. The molecule has 2 aromatic rings. The summed E-state index contributed by atoms with van der Waals surface area (Å²) in [5.74, 6) is -0.829. The highest BCUT2D eigenvalue weighted by Gasteiger charge is 2.12. The minimum absolute atomic E-state index is 0.00646. The Hall–Kier alpha value is -1.68. The van der Waals surface area contributed by atoms with Crippen LogP contribution in [0.15, 0.2) is 30.3 Å². The summed E-state index contributed by atoms with van der Waals surface area (Å²) in [4.78, 5) is 16.1. The van der Waals surface area contributed by atoms with E-state index in [1.807, 2.05) is 37.3 Å². The van der Waals surface area contributed by atoms with Crippen molar-refractivity contribution in [2.45, 2.75) is 19.8 Å². The molecule has 0 atom stereocenters. The van der Waals surface area contributed by atoms with Crippen molar-refractivity contribution in [2.24, 2.45) is 0 Å². The summed E-state index contributed by atoms with van der Waals surface area (Å²) in [6.45, 7) is 1.91. The molecule has 1 heterocycles. The maximum Gasteiger partial charge on any atom is 0.309 e. The van der Waals surface area contributed by atoms with Gasteiger partial charge in [0, 0.05) is 11.3 Å². The molecule has 3 nitrogen and oxygen atoms in total. The molecular weight excluding hydrogens is 234 g/mol. The maximum absolute atomic E-state index is 10.7. The predicted octanol–water partition coefficient (Wildman–Crippen LogP) is 2.67. The Kier molecular flexibility index (Phi) is 3.54. The Morgan fingerprint density at radius 3 is 2.71 bits per heavy atom. The third-order valence-electron chi connectivity index (χ3n) is 2.41. The Balaban J connectivity index is 2.23. The fourth-order valence-electron chi connectivity index (χ4n) is 1.71. The number of aryl methyl sites for hydroxylation is 1. The van der Waals surface area contributed by atoms with Gasteiger partial charge >= 0.3 is 5.97 Å². The van der Waals surface area contributed by atoms with Gasteiger partial charge in [0.2, 0.25) is 0 Å². The second-order valence-electron chi connectivity index (χ2n) is 3.84. The van der Waals surface area contributed by atoms with Crippen molar-refractivity contribution in [3.63, 3.8) is 0 Å². The number of thiazole rings is 1. The van der Waals surface area contributed by atoms with Crippen molar-refractivity contribution in [2.75, 3.05) is 0 Å². The SMILES string of the molecule is Cc1nc(CC(=O)O)c(Cc2ccccc2)s1. The van der Waals surface area contributed by atoms with Gasteiger partial charge in [0.25, 0.3) is 0 Å². The molecule has 1 aromatic carbocycles. The Morgan fingerprint density at radius 2 is 2.06 bits per heavy atom. The highest BCUT2D eigenvalue weighted by molar-refractivity contribution is 7.11. The van der Waals surface area contributed by atoms with Crippen LogP contribution in [0.25, 0.3) is 0 Å². The van der Waals surface area contributed by atoms with Gasteiger partial charge < -0.3 is 5.11 Å². The van der Waals surface area contributed by atoms with Crippen LogP contribution in [-0.4, -0.2) is 16.1 Å². The third-order valence-corrected chi connectivity index (χ3v) is 3.42. The van der Waals surface area contributed by atoms with E-state index in [1.54, 1.807) is 11.3 Å². The topological polar surface area (TPSA) is 50.2 Å². The smallest absolute Gasteiger partial charge is 0.309 e. The van der Waals surface area contributed by atoms with Crippen LogP contribution in [0.5, 0.6) is 0 Å². The molecule has 0 saturated carbocycles. The first-order chi connectivity index (χ1) is 8.15. The van der Waals surface area contributed by atoms with E-state index in [9.17, 15) is 4.79 Å². The summed E-state index contributed by atoms with van der Waals surface area (Å²) in [7, 11) is 0. The summed E-state index contributed by atoms with van der Waals surface area (Å²) in [6, 6.07) is 10.0. The van der Waals surface area contributed by atoms with E-state index in [1.165, 1.54) is 5.56 Å². The summed E-state index contributed by atoms with van der Waals surface area (Å²) in [5.41, 5.74) is 1.88. The maximum atomic E-state index is 10.7. The molecule has 0 aliphatic heterocycles. The fraction of sp³-hybridized carbons (Fsp3) is 0.231. The molecule has 0 spiro atoms. The number of carbonyl (C=O) groups is 1. The molecule has 4 heteroatoms. The lowest BCUT2D eigenvalue weighted by atomic mass is 10.1. The van der Waals surface area contributed by atoms with Crippen molar-refractivity contribution >= 4 is 17.3 Å². The predicted molar refractivity (Wildman–Crippen MR) is 67.4 cm³/mol. The lowest BCUT2D eigenvalue weighted by molar-refractivity contribution is -0.136. The highest BCUT2D eigenvalue weighted by Crippen LogP contribution is 2.22. The number of rotatable bonds is 4. The molecular formula is C13H13NO2S. The second kappa shape index (κ2) is 5.10. The molecule has 0 fully saturated rings. The monoisotopic (exact) mass is 247 g/mol.